The molecule has 49 heavy (non-hydrogen) atoms. The minimum absolute atomic E-state index is 0.0219. The maximum atomic E-state index is 12.9. The normalized spacial score (nSPS) is 13.2. The van der Waals surface area contributed by atoms with Crippen molar-refractivity contribution in [2.75, 3.05) is 34.3 Å². The lowest BCUT2D eigenvalue weighted by molar-refractivity contribution is -0.875. The Balaban J connectivity index is 4.16. The molecule has 0 heterocycles. The number of quaternary nitrogens is 1. The summed E-state index contributed by atoms with van der Waals surface area (Å²) in [7, 11) is 6.13. The second kappa shape index (κ2) is 33.3. The molecule has 0 aliphatic carbocycles. The Morgan fingerprint density at radius 2 is 0.878 bits per heavy atom. The third-order valence-electron chi connectivity index (χ3n) is 9.19. The molecular weight excluding hydrogens is 606 g/mol. The summed E-state index contributed by atoms with van der Waals surface area (Å²) in [5, 5.41) is 0. The minimum atomic E-state index is -1.02. The minimum Gasteiger partial charge on any atom is -0.461 e. The van der Waals surface area contributed by atoms with E-state index in [9.17, 15) is 9.59 Å². The molecule has 1 atom stereocenters. The zero-order valence-corrected chi connectivity index (χ0v) is 33.4. The Hall–Kier alpha value is -1.88. The van der Waals surface area contributed by atoms with Crippen LogP contribution in [0.3, 0.4) is 0 Å². The lowest BCUT2D eigenvalue weighted by atomic mass is 10.0. The van der Waals surface area contributed by atoms with E-state index in [1.165, 1.54) is 116 Å². The number of unbranched alkanes of at least 4 members (excludes halogenated alkanes) is 22. The molecule has 0 saturated carbocycles. The Morgan fingerprint density at radius 3 is 1.24 bits per heavy atom. The Labute approximate surface area is 305 Å². The van der Waals surface area contributed by atoms with Gasteiger partial charge in [-0.3, -0.25) is 9.59 Å². The fourth-order valence-electron chi connectivity index (χ4n) is 6.31. The van der Waals surface area contributed by atoms with Gasteiger partial charge in [-0.1, -0.05) is 147 Å². The van der Waals surface area contributed by atoms with Gasteiger partial charge < -0.3 is 14.0 Å². The third kappa shape index (κ3) is 33.0. The van der Waals surface area contributed by atoms with Crippen molar-refractivity contribution >= 4 is 11.9 Å². The first-order valence-electron chi connectivity index (χ1n) is 20.8. The Morgan fingerprint density at radius 1 is 0.531 bits per heavy atom. The second-order valence-corrected chi connectivity index (χ2v) is 15.5. The fourth-order valence-corrected chi connectivity index (χ4v) is 6.31. The number of esters is 2. The standard InChI is InChI=1S/C44H82NO4/c1-7-10-12-14-16-18-20-22-24-26-28-30-32-34-36-38-42(46)48-41-44(9-3,40-45(4,5)6)49-43(47)39-37-35-33-31-29-27-25-23-21-19-17-15-13-11-8-2/h9,22-25H,3,7-8,10-21,26-41H2,1-2,4-6H3/q+1/b24-22-,25-23-. The van der Waals surface area contributed by atoms with Gasteiger partial charge in [-0.05, 0) is 70.3 Å². The number of nitrogens with zero attached hydrogens (tertiary/aromatic N) is 1. The first-order chi connectivity index (χ1) is 23.7. The van der Waals surface area contributed by atoms with Gasteiger partial charge in [0.2, 0.25) is 5.60 Å². The predicted molar refractivity (Wildman–Crippen MR) is 212 cm³/mol. The van der Waals surface area contributed by atoms with Crippen LogP contribution in [-0.2, 0) is 19.1 Å². The van der Waals surface area contributed by atoms with Crippen LogP contribution in [0.25, 0.3) is 0 Å². The maximum Gasteiger partial charge on any atom is 0.307 e. The molecule has 5 nitrogen and oxygen atoms in total. The molecular formula is C44H82NO4+. The number of hydrogen-bond donors (Lipinski definition) is 0. The quantitative estimate of drug-likeness (QED) is 0.0284. The van der Waals surface area contributed by atoms with Crippen molar-refractivity contribution < 1.29 is 23.5 Å². The fraction of sp³-hybridized carbons (Fsp3) is 0.818. The van der Waals surface area contributed by atoms with Crippen molar-refractivity contribution in [1.82, 2.24) is 0 Å². The van der Waals surface area contributed by atoms with Crippen molar-refractivity contribution in [1.29, 1.82) is 0 Å². The number of hydrogen-bond acceptors (Lipinski definition) is 4. The van der Waals surface area contributed by atoms with Gasteiger partial charge in [0.1, 0.15) is 13.2 Å². The summed E-state index contributed by atoms with van der Waals surface area (Å²) < 4.78 is 12.3. The zero-order valence-electron chi connectivity index (χ0n) is 33.4. The summed E-state index contributed by atoms with van der Waals surface area (Å²) in [6.45, 7) is 9.03. The first-order valence-corrected chi connectivity index (χ1v) is 20.8. The molecule has 1 unspecified atom stereocenters. The van der Waals surface area contributed by atoms with Crippen LogP contribution < -0.4 is 0 Å². The number of rotatable bonds is 36. The van der Waals surface area contributed by atoms with Crippen molar-refractivity contribution in [3.63, 3.8) is 0 Å². The van der Waals surface area contributed by atoms with Gasteiger partial charge in [0, 0.05) is 12.8 Å². The lowest BCUT2D eigenvalue weighted by Gasteiger charge is -2.36. The van der Waals surface area contributed by atoms with Gasteiger partial charge in [-0.25, -0.2) is 0 Å². The van der Waals surface area contributed by atoms with Gasteiger partial charge in [-0.15, -0.1) is 0 Å². The van der Waals surface area contributed by atoms with E-state index in [-0.39, 0.29) is 18.5 Å². The maximum absolute atomic E-state index is 12.9. The van der Waals surface area contributed by atoms with E-state index < -0.39 is 5.60 Å². The molecule has 5 heteroatoms. The van der Waals surface area contributed by atoms with Crippen LogP contribution in [0.1, 0.15) is 194 Å². The molecule has 0 rings (SSSR count). The van der Waals surface area contributed by atoms with E-state index in [0.717, 1.165) is 51.4 Å². The van der Waals surface area contributed by atoms with Crippen LogP contribution in [-0.4, -0.2) is 56.3 Å². The number of likely N-dealkylation sites (N-methyl/N-ethyl adjacent to an activating group) is 1. The highest BCUT2D eigenvalue weighted by Gasteiger charge is 2.38. The summed E-state index contributed by atoms with van der Waals surface area (Å²) in [4.78, 5) is 25.5. The van der Waals surface area contributed by atoms with Gasteiger partial charge in [0.25, 0.3) is 0 Å². The molecule has 0 aromatic carbocycles. The number of ether oxygens (including phenoxy) is 2. The molecule has 0 aliphatic rings. The van der Waals surface area contributed by atoms with Crippen LogP contribution in [0.2, 0.25) is 0 Å². The summed E-state index contributed by atoms with van der Waals surface area (Å²) in [5.41, 5.74) is -1.02. The molecule has 0 saturated heterocycles. The molecule has 0 N–H and O–H groups in total. The highest BCUT2D eigenvalue weighted by Crippen LogP contribution is 2.21. The SMILES string of the molecule is C=CC(COC(=O)CCCCCCC/C=C\CCCCCCCC)(C[N+](C)(C)C)OC(=O)CCCCCCC/C=C\CCCCCCCC. The average molecular weight is 689 g/mol. The molecule has 0 spiro atoms. The first kappa shape index (κ1) is 47.1. The Bertz CT molecular complexity index is 842. The van der Waals surface area contributed by atoms with Crippen molar-refractivity contribution in [2.45, 2.75) is 199 Å². The number of carbonyl (C=O) groups excluding carboxylic acids is 2. The molecule has 0 aliphatic heterocycles. The van der Waals surface area contributed by atoms with Crippen LogP contribution in [0.4, 0.5) is 0 Å². The third-order valence-corrected chi connectivity index (χ3v) is 9.19. The molecule has 0 aromatic heterocycles. The summed E-state index contributed by atoms with van der Waals surface area (Å²) >= 11 is 0. The smallest absolute Gasteiger partial charge is 0.307 e. The summed E-state index contributed by atoms with van der Waals surface area (Å²) in [6, 6.07) is 0. The van der Waals surface area contributed by atoms with Crippen molar-refractivity contribution in [2.24, 2.45) is 0 Å². The van der Waals surface area contributed by atoms with E-state index >= 15 is 0 Å². The highest BCUT2D eigenvalue weighted by atomic mass is 16.6. The van der Waals surface area contributed by atoms with Crippen LogP contribution in [0.5, 0.6) is 0 Å². The second-order valence-electron chi connectivity index (χ2n) is 15.5. The topological polar surface area (TPSA) is 52.6 Å². The van der Waals surface area contributed by atoms with Gasteiger partial charge >= 0.3 is 11.9 Å². The summed E-state index contributed by atoms with van der Waals surface area (Å²) in [6.07, 6.45) is 43.7. The molecule has 0 radical (unpaired) electrons. The molecule has 0 amide bonds. The van der Waals surface area contributed by atoms with Crippen molar-refractivity contribution in [3.05, 3.63) is 37.0 Å². The molecule has 286 valence electrons. The van der Waals surface area contributed by atoms with Crippen LogP contribution in [0, 0.1) is 0 Å². The lowest BCUT2D eigenvalue weighted by Crippen LogP contribution is -2.53. The van der Waals surface area contributed by atoms with Gasteiger partial charge in [0.15, 0.2) is 0 Å². The van der Waals surface area contributed by atoms with Crippen LogP contribution >= 0.6 is 0 Å². The largest absolute Gasteiger partial charge is 0.461 e. The van der Waals surface area contributed by atoms with Gasteiger partial charge in [-0.2, -0.15) is 0 Å². The molecule has 0 bridgehead atoms. The van der Waals surface area contributed by atoms with E-state index in [0.29, 0.717) is 23.9 Å². The number of carbonyl (C=O) groups is 2. The summed E-state index contributed by atoms with van der Waals surface area (Å²) in [5.74, 6) is -0.460. The van der Waals surface area contributed by atoms with Gasteiger partial charge in [0.05, 0.1) is 21.1 Å². The monoisotopic (exact) mass is 689 g/mol. The highest BCUT2D eigenvalue weighted by molar-refractivity contribution is 5.71. The van der Waals surface area contributed by atoms with E-state index in [4.69, 9.17) is 9.47 Å². The van der Waals surface area contributed by atoms with E-state index in [2.05, 4.69) is 44.7 Å². The van der Waals surface area contributed by atoms with E-state index in [1.807, 2.05) is 21.1 Å². The predicted octanol–water partition coefficient (Wildman–Crippen LogP) is 12.8. The number of allylic oxidation sites excluding steroid dienone is 4. The Kier molecular flexibility index (Phi) is 32.0. The van der Waals surface area contributed by atoms with E-state index in [1.54, 1.807) is 6.08 Å². The van der Waals surface area contributed by atoms with Crippen LogP contribution in [0.15, 0.2) is 37.0 Å². The molecule has 0 aromatic rings. The van der Waals surface area contributed by atoms with Crippen molar-refractivity contribution in [3.8, 4) is 0 Å². The molecule has 0 fully saturated rings. The zero-order chi connectivity index (χ0) is 36.3. The average Bonchev–Trinajstić information content (AvgIpc) is 3.06.